The number of anilines is 1. The molecule has 2 heterocycles. The Kier molecular flexibility index (Phi) is 9.14. The Bertz CT molecular complexity index is 1350. The predicted molar refractivity (Wildman–Crippen MR) is 151 cm³/mol. The van der Waals surface area contributed by atoms with Crippen LogP contribution in [-0.4, -0.2) is 30.2 Å². The number of halogens is 1. The fourth-order valence-electron chi connectivity index (χ4n) is 3.82. The number of rotatable bonds is 7. The van der Waals surface area contributed by atoms with Crippen LogP contribution in [-0.2, 0) is 14.3 Å². The molecule has 6 nitrogen and oxygen atoms in total. The smallest absolute Gasteiger partial charge is 0.341 e. The number of benzene rings is 2. The number of thiophene rings is 1. The second kappa shape index (κ2) is 12.1. The molecule has 0 spiro atoms. The molecule has 0 radical (unpaired) electrons. The van der Waals surface area contributed by atoms with E-state index in [4.69, 9.17) is 20.6 Å². The van der Waals surface area contributed by atoms with Gasteiger partial charge in [0.05, 0.1) is 13.2 Å². The Morgan fingerprint density at radius 1 is 0.917 bits per heavy atom. The van der Waals surface area contributed by atoms with Crippen molar-refractivity contribution in [2.75, 3.05) is 18.9 Å². The van der Waals surface area contributed by atoms with E-state index in [9.17, 15) is 9.59 Å². The Balaban J connectivity index is 0.00000361. The molecule has 9 heteroatoms. The Morgan fingerprint density at radius 2 is 1.47 bits per heavy atom. The third-order valence-electron chi connectivity index (χ3n) is 5.24. The molecule has 1 aliphatic rings. The highest BCUT2D eigenvalue weighted by Gasteiger charge is 2.33. The molecule has 0 unspecified atom stereocenters. The van der Waals surface area contributed by atoms with Gasteiger partial charge in [-0.3, -0.25) is 5.41 Å². The lowest BCUT2D eigenvalue weighted by Gasteiger charge is -2.09. The highest BCUT2D eigenvalue weighted by atomic mass is 35.5. The summed E-state index contributed by atoms with van der Waals surface area (Å²) >= 11 is 2.46. The van der Waals surface area contributed by atoms with Crippen molar-refractivity contribution in [1.29, 1.82) is 5.41 Å². The van der Waals surface area contributed by atoms with Crippen LogP contribution < -0.4 is 5.73 Å². The second-order valence-electron chi connectivity index (χ2n) is 7.44. The van der Waals surface area contributed by atoms with E-state index in [-0.39, 0.29) is 36.2 Å². The van der Waals surface area contributed by atoms with Gasteiger partial charge in [-0.25, -0.2) is 9.59 Å². The average molecular weight is 541 g/mol. The number of nitrogens with one attached hydrogen (secondary N) is 1. The lowest BCUT2D eigenvalue weighted by molar-refractivity contribution is -0.137. The quantitative estimate of drug-likeness (QED) is 0.324. The van der Waals surface area contributed by atoms with Crippen LogP contribution in [0, 0.1) is 5.41 Å². The van der Waals surface area contributed by atoms with Gasteiger partial charge in [0.25, 0.3) is 0 Å². The van der Waals surface area contributed by atoms with Gasteiger partial charge in [-0.15, -0.1) is 23.7 Å². The van der Waals surface area contributed by atoms with Gasteiger partial charge in [-0.2, -0.15) is 0 Å². The maximum absolute atomic E-state index is 12.8. The molecule has 36 heavy (non-hydrogen) atoms. The van der Waals surface area contributed by atoms with Gasteiger partial charge in [0.15, 0.2) is 0 Å². The number of nitrogens with two attached hydrogens (primary N) is 1. The molecule has 0 aliphatic carbocycles. The van der Waals surface area contributed by atoms with Gasteiger partial charge >= 0.3 is 11.9 Å². The topological polar surface area (TPSA) is 102 Å². The number of hydrogen-bond donors (Lipinski definition) is 2. The summed E-state index contributed by atoms with van der Waals surface area (Å²) in [6.45, 7) is 3.93. The summed E-state index contributed by atoms with van der Waals surface area (Å²) in [4.78, 5) is 27.1. The molecular formula is C27H25ClN2O4S2. The zero-order chi connectivity index (χ0) is 24.9. The zero-order valence-electron chi connectivity index (χ0n) is 19.7. The standard InChI is InChI=1S/C27H24N2O4S2.ClH/c1-3-32-26(30)22-20(16-11-7-5-8-12-16)18(34-24(22)28)15-19-21(17-13-9-6-10-14-17)23(25(29)35-19)27(31)33-4-2;/h5-15,28H,3-4,29H2,1-2H3;1H/b18-15-,28-24?;. The molecule has 0 saturated heterocycles. The van der Waals surface area contributed by atoms with E-state index >= 15 is 0 Å². The van der Waals surface area contributed by atoms with Gasteiger partial charge in [0, 0.05) is 20.9 Å². The van der Waals surface area contributed by atoms with E-state index < -0.39 is 11.9 Å². The van der Waals surface area contributed by atoms with E-state index in [0.29, 0.717) is 26.6 Å². The minimum Gasteiger partial charge on any atom is -0.462 e. The van der Waals surface area contributed by atoms with Crippen LogP contribution in [0.2, 0.25) is 0 Å². The molecule has 4 rings (SSSR count). The molecule has 3 aromatic rings. The number of carbonyl (C=O) groups is 2. The fourth-order valence-corrected chi connectivity index (χ4v) is 5.93. The Labute approximate surface area is 224 Å². The van der Waals surface area contributed by atoms with Crippen molar-refractivity contribution >= 4 is 69.1 Å². The molecule has 1 aliphatic heterocycles. The first-order chi connectivity index (χ1) is 17.0. The zero-order valence-corrected chi connectivity index (χ0v) is 22.1. The van der Waals surface area contributed by atoms with Crippen molar-refractivity contribution in [2.24, 2.45) is 0 Å². The second-order valence-corrected chi connectivity index (χ2v) is 9.58. The summed E-state index contributed by atoms with van der Waals surface area (Å²) in [5.74, 6) is -1.02. The van der Waals surface area contributed by atoms with Gasteiger partial charge in [0.1, 0.15) is 21.2 Å². The van der Waals surface area contributed by atoms with E-state index in [0.717, 1.165) is 16.0 Å². The van der Waals surface area contributed by atoms with Gasteiger partial charge in [-0.05, 0) is 31.1 Å². The summed E-state index contributed by atoms with van der Waals surface area (Å²) in [6.07, 6.45) is 1.89. The molecule has 186 valence electrons. The first kappa shape index (κ1) is 27.3. The van der Waals surface area contributed by atoms with Crippen LogP contribution >= 0.6 is 35.5 Å². The van der Waals surface area contributed by atoms with E-state index in [1.54, 1.807) is 13.8 Å². The van der Waals surface area contributed by atoms with Crippen molar-refractivity contribution in [1.82, 2.24) is 0 Å². The average Bonchev–Trinajstić information content (AvgIpc) is 3.36. The van der Waals surface area contributed by atoms with Crippen LogP contribution in [0.1, 0.15) is 34.6 Å². The highest BCUT2D eigenvalue weighted by molar-refractivity contribution is 8.18. The van der Waals surface area contributed by atoms with Crippen molar-refractivity contribution in [3.8, 4) is 11.1 Å². The summed E-state index contributed by atoms with van der Waals surface area (Å²) in [5, 5.41) is 9.01. The number of allylic oxidation sites excluding steroid dienone is 1. The van der Waals surface area contributed by atoms with Gasteiger partial charge < -0.3 is 15.2 Å². The number of carbonyl (C=O) groups excluding carboxylic acids is 2. The minimum atomic E-state index is -0.534. The van der Waals surface area contributed by atoms with Crippen LogP contribution in [0.5, 0.6) is 0 Å². The maximum Gasteiger partial charge on any atom is 0.341 e. The summed E-state index contributed by atoms with van der Waals surface area (Å²) < 4.78 is 10.6. The minimum absolute atomic E-state index is 0. The first-order valence-electron chi connectivity index (χ1n) is 11.1. The van der Waals surface area contributed by atoms with Gasteiger partial charge in [-0.1, -0.05) is 72.4 Å². The molecule has 0 amide bonds. The first-order valence-corrected chi connectivity index (χ1v) is 12.7. The lowest BCUT2D eigenvalue weighted by atomic mass is 9.97. The third kappa shape index (κ3) is 5.41. The van der Waals surface area contributed by atoms with Crippen LogP contribution in [0.25, 0.3) is 22.8 Å². The summed E-state index contributed by atoms with van der Waals surface area (Å²) in [5.41, 5.74) is 9.80. The Morgan fingerprint density at radius 3 is 2.06 bits per heavy atom. The number of nitrogen functional groups attached to an aromatic ring is 1. The van der Waals surface area contributed by atoms with Crippen LogP contribution in [0.15, 0.2) is 71.1 Å². The number of thioether (sulfide) groups is 1. The van der Waals surface area contributed by atoms with E-state index in [1.807, 2.05) is 66.7 Å². The molecule has 0 bridgehead atoms. The fraction of sp³-hybridized carbons (Fsp3) is 0.148. The molecule has 0 saturated carbocycles. The third-order valence-corrected chi connectivity index (χ3v) is 7.16. The predicted octanol–water partition coefficient (Wildman–Crippen LogP) is 6.68. The van der Waals surface area contributed by atoms with Crippen molar-refractivity contribution in [2.45, 2.75) is 13.8 Å². The number of esters is 2. The molecule has 0 fully saturated rings. The van der Waals surface area contributed by atoms with Crippen molar-refractivity contribution < 1.29 is 19.1 Å². The van der Waals surface area contributed by atoms with Crippen LogP contribution in [0.3, 0.4) is 0 Å². The van der Waals surface area contributed by atoms with E-state index in [1.165, 1.54) is 23.1 Å². The molecule has 2 aromatic carbocycles. The molecule has 0 atom stereocenters. The Hall–Kier alpha value is -3.33. The molecule has 3 N–H and O–H groups in total. The maximum atomic E-state index is 12.8. The monoisotopic (exact) mass is 540 g/mol. The summed E-state index contributed by atoms with van der Waals surface area (Å²) in [7, 11) is 0. The largest absolute Gasteiger partial charge is 0.462 e. The van der Waals surface area contributed by atoms with Crippen LogP contribution in [0.4, 0.5) is 5.00 Å². The number of hydrogen-bond acceptors (Lipinski definition) is 8. The van der Waals surface area contributed by atoms with Crippen molar-refractivity contribution in [3.05, 3.63) is 87.1 Å². The molecule has 1 aromatic heterocycles. The van der Waals surface area contributed by atoms with E-state index in [2.05, 4.69) is 0 Å². The lowest BCUT2D eigenvalue weighted by Crippen LogP contribution is -2.12. The highest BCUT2D eigenvalue weighted by Crippen LogP contribution is 2.48. The number of ether oxygens (including phenoxy) is 2. The SMILES string of the molecule is CCOC(=O)C1=C(c2ccccc2)/C(=C/c2sc(N)c(C(=O)OCC)c2-c2ccccc2)SC1=N.Cl. The normalized spacial score (nSPS) is 14.1. The van der Waals surface area contributed by atoms with Gasteiger partial charge in [0.2, 0.25) is 0 Å². The van der Waals surface area contributed by atoms with Crippen molar-refractivity contribution in [3.63, 3.8) is 0 Å². The summed E-state index contributed by atoms with van der Waals surface area (Å²) in [6, 6.07) is 19.0. The molecular weight excluding hydrogens is 516 g/mol.